The third-order valence-corrected chi connectivity index (χ3v) is 6.57. The van der Waals surface area contributed by atoms with Gasteiger partial charge in [-0.2, -0.15) is 12.7 Å². The third kappa shape index (κ3) is 7.59. The van der Waals surface area contributed by atoms with Crippen LogP contribution in [0.15, 0.2) is 48.5 Å². The molecule has 36 heavy (non-hydrogen) atoms. The molecule has 0 saturated carbocycles. The van der Waals surface area contributed by atoms with Crippen molar-refractivity contribution in [3.05, 3.63) is 59.7 Å². The Kier molecular flexibility index (Phi) is 9.71. The second-order valence-corrected chi connectivity index (χ2v) is 10.6. The molecule has 0 aliphatic rings. The topological polar surface area (TPSA) is 112 Å². The van der Waals surface area contributed by atoms with Crippen molar-refractivity contribution in [2.45, 2.75) is 59.2 Å². The Hall–Kier alpha value is -3.31. The van der Waals surface area contributed by atoms with Crippen LogP contribution in [-0.4, -0.2) is 49.1 Å². The highest BCUT2D eigenvalue weighted by molar-refractivity contribution is 7.87. The van der Waals surface area contributed by atoms with Gasteiger partial charge < -0.3 is 19.0 Å². The summed E-state index contributed by atoms with van der Waals surface area (Å²) in [4.78, 5) is 30.4. The monoisotopic (exact) mass is 522 g/mol. The molecule has 1 atom stereocenters. The molecule has 2 aromatic rings. The lowest BCUT2D eigenvalue weighted by Gasteiger charge is -2.34. The number of hydrogen-bond acceptors (Lipinski definition) is 8. The Morgan fingerprint density at radius 1 is 0.917 bits per heavy atom. The minimum absolute atomic E-state index is 0.240. The number of nitrogens with zero attached hydrogens (tertiary/aromatic N) is 2. The summed E-state index contributed by atoms with van der Waals surface area (Å²) in [6, 6.07) is 12.3. The van der Waals surface area contributed by atoms with E-state index in [1.54, 1.807) is 76.2 Å². The van der Waals surface area contributed by atoms with Crippen molar-refractivity contribution >= 4 is 22.3 Å². The first-order chi connectivity index (χ1) is 16.8. The number of carbonyl (C=O) groups is 2. The first-order valence-corrected chi connectivity index (χ1v) is 12.7. The van der Waals surface area contributed by atoms with Gasteiger partial charge in [-0.15, -0.1) is 0 Å². The SMILES string of the molecule is CCC(c1ccc(OC)cc1)N(OC(C)=O)S(=O)(=O)N(Cc1ccc(OC)cc1)C(=O)OC(C)(C)C. The molecule has 0 radical (unpaired) electrons. The Balaban J connectivity index is 2.58. The zero-order chi connectivity index (χ0) is 27.1. The van der Waals surface area contributed by atoms with Gasteiger partial charge in [-0.05, 0) is 67.1 Å². The number of benzene rings is 2. The van der Waals surface area contributed by atoms with Gasteiger partial charge in [0.25, 0.3) is 0 Å². The van der Waals surface area contributed by atoms with Crippen molar-refractivity contribution in [3.63, 3.8) is 0 Å². The van der Waals surface area contributed by atoms with Crippen LogP contribution in [0.1, 0.15) is 58.2 Å². The molecule has 1 unspecified atom stereocenters. The van der Waals surface area contributed by atoms with Gasteiger partial charge in [-0.25, -0.2) is 4.79 Å². The van der Waals surface area contributed by atoms with Crippen LogP contribution in [0.5, 0.6) is 11.5 Å². The molecule has 0 spiro atoms. The van der Waals surface area contributed by atoms with Crippen LogP contribution in [0.3, 0.4) is 0 Å². The van der Waals surface area contributed by atoms with E-state index in [1.807, 2.05) is 0 Å². The normalized spacial score (nSPS) is 12.6. The van der Waals surface area contributed by atoms with Crippen LogP contribution < -0.4 is 9.47 Å². The van der Waals surface area contributed by atoms with E-state index in [0.717, 1.165) is 6.92 Å². The van der Waals surface area contributed by atoms with Crippen LogP contribution >= 0.6 is 0 Å². The lowest BCUT2D eigenvalue weighted by molar-refractivity contribution is -0.174. The van der Waals surface area contributed by atoms with Gasteiger partial charge in [0.2, 0.25) is 0 Å². The Morgan fingerprint density at radius 3 is 1.83 bits per heavy atom. The van der Waals surface area contributed by atoms with Gasteiger partial charge in [0.1, 0.15) is 17.1 Å². The highest BCUT2D eigenvalue weighted by Crippen LogP contribution is 2.32. The fourth-order valence-electron chi connectivity index (χ4n) is 3.28. The molecular formula is C25H34N2O8S. The minimum Gasteiger partial charge on any atom is -0.497 e. The fourth-order valence-corrected chi connectivity index (χ4v) is 4.80. The zero-order valence-corrected chi connectivity index (χ0v) is 22.5. The van der Waals surface area contributed by atoms with Gasteiger partial charge in [0.05, 0.1) is 26.8 Å². The number of hydrogen-bond donors (Lipinski definition) is 0. The van der Waals surface area contributed by atoms with Crippen molar-refractivity contribution in [2.75, 3.05) is 14.2 Å². The van der Waals surface area contributed by atoms with Crippen molar-refractivity contribution in [1.29, 1.82) is 0 Å². The maximum absolute atomic E-state index is 13.9. The molecule has 0 aliphatic carbocycles. The zero-order valence-electron chi connectivity index (χ0n) is 21.7. The number of ether oxygens (including phenoxy) is 3. The summed E-state index contributed by atoms with van der Waals surface area (Å²) < 4.78 is 44.7. The highest BCUT2D eigenvalue weighted by Gasteiger charge is 2.42. The average Bonchev–Trinajstić information content (AvgIpc) is 2.81. The molecule has 0 aromatic heterocycles. The average molecular weight is 523 g/mol. The molecule has 0 heterocycles. The largest absolute Gasteiger partial charge is 0.497 e. The molecule has 1 amide bonds. The lowest BCUT2D eigenvalue weighted by Crippen LogP contribution is -2.49. The third-order valence-electron chi connectivity index (χ3n) is 4.95. The van der Waals surface area contributed by atoms with E-state index >= 15 is 0 Å². The van der Waals surface area contributed by atoms with Crippen molar-refractivity contribution in [1.82, 2.24) is 8.77 Å². The molecule has 0 bridgehead atoms. The maximum atomic E-state index is 13.9. The summed E-state index contributed by atoms with van der Waals surface area (Å²) in [6.07, 6.45) is -0.871. The number of methoxy groups -OCH3 is 2. The molecule has 198 valence electrons. The van der Waals surface area contributed by atoms with E-state index in [9.17, 15) is 18.0 Å². The Bertz CT molecular complexity index is 1130. The van der Waals surface area contributed by atoms with E-state index < -0.39 is 33.9 Å². The molecule has 0 saturated heterocycles. The first kappa shape index (κ1) is 28.9. The van der Waals surface area contributed by atoms with Crippen molar-refractivity contribution in [3.8, 4) is 11.5 Å². The van der Waals surface area contributed by atoms with E-state index in [0.29, 0.717) is 31.4 Å². The van der Waals surface area contributed by atoms with Gasteiger partial charge >= 0.3 is 22.3 Å². The van der Waals surface area contributed by atoms with Crippen LogP contribution in [0.4, 0.5) is 4.79 Å². The standard InChI is InChI=1S/C25H34N2O8S/c1-8-23(20-11-15-22(33-7)16-12-20)27(35-18(2)28)36(30,31)26(24(29)34-25(3,4)5)17-19-9-13-21(32-6)14-10-19/h9-16,23H,8,17H2,1-7H3. The van der Waals surface area contributed by atoms with Crippen LogP contribution in [0, 0.1) is 0 Å². The second kappa shape index (κ2) is 12.1. The number of hydroxylamine groups is 1. The predicted molar refractivity (Wildman–Crippen MR) is 133 cm³/mol. The van der Waals surface area contributed by atoms with Crippen molar-refractivity contribution in [2.24, 2.45) is 0 Å². The summed E-state index contributed by atoms with van der Waals surface area (Å²) in [5.74, 6) is 0.280. The summed E-state index contributed by atoms with van der Waals surface area (Å²) in [7, 11) is -1.71. The van der Waals surface area contributed by atoms with Gasteiger partial charge in [-0.1, -0.05) is 31.2 Å². The van der Waals surface area contributed by atoms with Crippen molar-refractivity contribution < 1.29 is 37.1 Å². The van der Waals surface area contributed by atoms with Crippen LogP contribution in [0.2, 0.25) is 0 Å². The summed E-state index contributed by atoms with van der Waals surface area (Å²) in [5, 5.41) is 0. The summed E-state index contributed by atoms with van der Waals surface area (Å²) in [5.41, 5.74) is 0.0548. The summed E-state index contributed by atoms with van der Waals surface area (Å²) >= 11 is 0. The van der Waals surface area contributed by atoms with Gasteiger partial charge in [0.15, 0.2) is 0 Å². The Labute approximate surface area is 212 Å². The van der Waals surface area contributed by atoms with E-state index in [1.165, 1.54) is 14.2 Å². The molecule has 0 fully saturated rings. The predicted octanol–water partition coefficient (Wildman–Crippen LogP) is 4.62. The van der Waals surface area contributed by atoms with E-state index in [4.69, 9.17) is 19.0 Å². The molecule has 0 aliphatic heterocycles. The smallest absolute Gasteiger partial charge is 0.425 e. The fraction of sp³-hybridized carbons (Fsp3) is 0.440. The highest BCUT2D eigenvalue weighted by atomic mass is 32.2. The van der Waals surface area contributed by atoms with Crippen LogP contribution in [-0.2, 0) is 31.1 Å². The molecule has 2 rings (SSSR count). The number of amides is 1. The van der Waals surface area contributed by atoms with E-state index in [-0.39, 0.29) is 13.0 Å². The molecule has 11 heteroatoms. The molecule has 0 N–H and O–H groups in total. The van der Waals surface area contributed by atoms with E-state index in [2.05, 4.69) is 0 Å². The summed E-state index contributed by atoms with van der Waals surface area (Å²) in [6.45, 7) is 7.34. The quantitative estimate of drug-likeness (QED) is 0.416. The molecular weight excluding hydrogens is 488 g/mol. The van der Waals surface area contributed by atoms with Crippen LogP contribution in [0.25, 0.3) is 0 Å². The maximum Gasteiger partial charge on any atom is 0.425 e. The molecule has 2 aromatic carbocycles. The number of rotatable bonds is 10. The Morgan fingerprint density at radius 2 is 1.42 bits per heavy atom. The molecule has 10 nitrogen and oxygen atoms in total. The second-order valence-electron chi connectivity index (χ2n) is 8.88. The first-order valence-electron chi connectivity index (χ1n) is 11.3. The lowest BCUT2D eigenvalue weighted by atomic mass is 10.1. The van der Waals surface area contributed by atoms with Gasteiger partial charge in [0, 0.05) is 6.92 Å². The van der Waals surface area contributed by atoms with Gasteiger partial charge in [-0.3, -0.25) is 4.79 Å². The number of carbonyl (C=O) groups excluding carboxylic acids is 2. The minimum atomic E-state index is -4.73.